The Bertz CT molecular complexity index is 1760. The third-order valence-electron chi connectivity index (χ3n) is 9.27. The van der Waals surface area contributed by atoms with Crippen LogP contribution in [0.15, 0.2) is 52.2 Å². The van der Waals surface area contributed by atoms with Crippen molar-refractivity contribution in [3.63, 3.8) is 0 Å². The maximum absolute atomic E-state index is 17.4. The van der Waals surface area contributed by atoms with Gasteiger partial charge in [-0.1, -0.05) is 39.0 Å². The van der Waals surface area contributed by atoms with E-state index in [4.69, 9.17) is 27.7 Å². The Hall–Kier alpha value is -3.87. The van der Waals surface area contributed by atoms with Crippen molar-refractivity contribution in [2.75, 3.05) is 20.0 Å². The number of nitrogens with zero attached hydrogens (tertiary/aromatic N) is 2. The number of methoxy groups -OCH3 is 1. The fourth-order valence-corrected chi connectivity index (χ4v) is 10.2. The highest BCUT2D eigenvalue weighted by atomic mass is 31.2. The fraction of sp³-hybridized carbons (Fsp3) is 0.629. The van der Waals surface area contributed by atoms with Crippen molar-refractivity contribution in [1.29, 1.82) is 0 Å². The molecule has 0 saturated carbocycles. The summed E-state index contributed by atoms with van der Waals surface area (Å²) in [6, 6.07) is 9.01. The number of ether oxygens (including phenoxy) is 4. The smallest absolute Gasteiger partial charge is 0.407 e. The SMILES string of the molecule is CC[Si-](CC)(CC)O[C@@H]1[C@@H](COP(=O)(CN[C@@H](C)C(=O)OC(C)C)Oc2ccccc2)O[C@@H](n2ccc(=O)n(COC(=O)[C@H](C)NC(=O)OC)c2=O)[C@]1(C)F. The second-order valence-corrected chi connectivity index (χ2v) is 20.3. The molecule has 0 bridgehead atoms. The molecular formula is C35H54FN4O13PSi-. The number of hydrogen-bond donors (Lipinski definition) is 2. The Kier molecular flexibility index (Phi) is 16.4. The minimum Gasteiger partial charge on any atom is -0.558 e. The zero-order chi connectivity index (χ0) is 41.1. The lowest BCUT2D eigenvalue weighted by Crippen LogP contribution is -2.52. The number of esters is 2. The van der Waals surface area contributed by atoms with Gasteiger partial charge in [-0.15, -0.1) is 18.1 Å². The molecule has 0 aliphatic carbocycles. The largest absolute Gasteiger partial charge is 0.558 e. The molecule has 2 N–H and O–H groups in total. The minimum atomic E-state index is -4.18. The van der Waals surface area contributed by atoms with Crippen molar-refractivity contribution in [3.8, 4) is 5.75 Å². The van der Waals surface area contributed by atoms with Crippen molar-refractivity contribution < 1.29 is 55.8 Å². The van der Waals surface area contributed by atoms with Crippen LogP contribution in [0.5, 0.6) is 5.75 Å². The van der Waals surface area contributed by atoms with E-state index in [0.717, 1.165) is 23.9 Å². The molecule has 1 fully saturated rings. The van der Waals surface area contributed by atoms with Crippen LogP contribution in [0, 0.1) is 0 Å². The molecule has 1 amide bonds. The van der Waals surface area contributed by atoms with E-state index in [1.165, 1.54) is 20.8 Å². The fourth-order valence-electron chi connectivity index (χ4n) is 5.77. The van der Waals surface area contributed by atoms with Crippen LogP contribution >= 0.6 is 7.60 Å². The lowest BCUT2D eigenvalue weighted by atomic mass is 9.98. The topological polar surface area (TPSA) is 201 Å². The number of rotatable bonds is 20. The summed E-state index contributed by atoms with van der Waals surface area (Å²) in [7, 11) is -5.67. The highest BCUT2D eigenvalue weighted by Gasteiger charge is 2.57. The van der Waals surface area contributed by atoms with Crippen LogP contribution in [0.25, 0.3) is 0 Å². The molecule has 17 nitrogen and oxygen atoms in total. The summed E-state index contributed by atoms with van der Waals surface area (Å²) in [5.41, 5.74) is -4.37. The molecule has 0 spiro atoms. The van der Waals surface area contributed by atoms with Crippen LogP contribution in [0.3, 0.4) is 0 Å². The Morgan fingerprint density at radius 1 is 1.00 bits per heavy atom. The van der Waals surface area contributed by atoms with Gasteiger partial charge in [0.2, 0.25) is 0 Å². The summed E-state index contributed by atoms with van der Waals surface area (Å²) in [6.07, 6.45) is -4.98. The third kappa shape index (κ3) is 11.8. The number of amides is 1. The molecule has 1 saturated heterocycles. The van der Waals surface area contributed by atoms with Gasteiger partial charge in [0.15, 0.2) is 18.6 Å². The van der Waals surface area contributed by atoms with Crippen LogP contribution in [0.4, 0.5) is 9.18 Å². The summed E-state index contributed by atoms with van der Waals surface area (Å²) in [4.78, 5) is 63.0. The maximum atomic E-state index is 17.4. The second kappa shape index (κ2) is 19.8. The van der Waals surface area contributed by atoms with Crippen molar-refractivity contribution in [2.24, 2.45) is 0 Å². The van der Waals surface area contributed by atoms with E-state index in [1.54, 1.807) is 44.2 Å². The van der Waals surface area contributed by atoms with Gasteiger partial charge >= 0.3 is 31.3 Å². The molecule has 7 atom stereocenters. The average molecular weight is 817 g/mol. The Balaban J connectivity index is 1.98. The molecule has 1 aromatic carbocycles. The monoisotopic (exact) mass is 816 g/mol. The van der Waals surface area contributed by atoms with Gasteiger partial charge in [0.05, 0.1) is 25.9 Å². The van der Waals surface area contributed by atoms with Gasteiger partial charge in [-0.2, -0.15) is 0 Å². The van der Waals surface area contributed by atoms with Gasteiger partial charge in [-0.3, -0.25) is 24.0 Å². The molecular weight excluding hydrogens is 762 g/mol. The summed E-state index contributed by atoms with van der Waals surface area (Å²) in [5, 5.41) is 5.06. The summed E-state index contributed by atoms with van der Waals surface area (Å²) in [6.45, 7) is 11.9. The molecule has 2 heterocycles. The molecule has 3 rings (SSSR count). The molecule has 1 aliphatic rings. The third-order valence-corrected chi connectivity index (χ3v) is 15.5. The lowest BCUT2D eigenvalue weighted by molar-refractivity contribution is -0.150. The van der Waals surface area contributed by atoms with Gasteiger partial charge in [0.1, 0.15) is 30.2 Å². The molecule has 1 aromatic heterocycles. The molecule has 2 aromatic rings. The number of benzene rings is 1. The van der Waals surface area contributed by atoms with Crippen LogP contribution in [0.2, 0.25) is 18.1 Å². The highest BCUT2D eigenvalue weighted by molar-refractivity contribution is 7.54. The molecule has 1 unspecified atom stereocenters. The average Bonchev–Trinajstić information content (AvgIpc) is 3.39. The van der Waals surface area contributed by atoms with Crippen LogP contribution < -0.4 is 26.4 Å². The molecule has 0 radical (unpaired) electrons. The number of alkyl carbamates (subject to hydrolysis) is 1. The number of alkyl halides is 1. The molecule has 309 valence electrons. The normalized spacial score (nSPS) is 22.0. The molecule has 1 aliphatic heterocycles. The van der Waals surface area contributed by atoms with Crippen LogP contribution in [0.1, 0.15) is 61.6 Å². The summed E-state index contributed by atoms with van der Waals surface area (Å²) >= 11 is 0. The van der Waals surface area contributed by atoms with E-state index in [0.29, 0.717) is 22.7 Å². The standard InChI is InChI=1S/C35H54FN4O13PSi/c1-10-55(11-2,12-3)53-29-27(20-49-54(46,52-26-16-14-13-15-17-26)21-37-24(6)31(43)50-23(4)5)51-32(35(29,8)36)39-19-18-28(41)40(34(39)45)22-48-30(42)25(7)38-33(44)47-9/h13-19,23-25,27,29,32,37H,10-12,20-22H2,1-9H3,(H,38,44)/q-1/t24-,25-,27+,29+,32+,35+,54?/m0/s1. The highest BCUT2D eigenvalue weighted by Crippen LogP contribution is 2.50. The van der Waals surface area contributed by atoms with E-state index in [-0.39, 0.29) is 11.9 Å². The van der Waals surface area contributed by atoms with E-state index in [2.05, 4.69) is 15.4 Å². The van der Waals surface area contributed by atoms with Crippen molar-refractivity contribution in [2.45, 2.75) is 123 Å². The Morgan fingerprint density at radius 2 is 1.64 bits per heavy atom. The van der Waals surface area contributed by atoms with Gasteiger partial charge in [0.25, 0.3) is 5.56 Å². The predicted octanol–water partition coefficient (Wildman–Crippen LogP) is 4.45. The van der Waals surface area contributed by atoms with E-state index in [1.807, 2.05) is 20.8 Å². The zero-order valence-corrected chi connectivity index (χ0v) is 34.7. The lowest BCUT2D eigenvalue weighted by Gasteiger charge is -2.47. The quantitative estimate of drug-likeness (QED) is 0.0822. The van der Waals surface area contributed by atoms with Gasteiger partial charge in [-0.25, -0.2) is 27.9 Å². The number of carbonyl (C=O) groups excluding carboxylic acids is 3. The van der Waals surface area contributed by atoms with E-state index < -0.39 is 101 Å². The Labute approximate surface area is 320 Å². The van der Waals surface area contributed by atoms with Crippen molar-refractivity contribution in [3.05, 3.63) is 63.4 Å². The number of carbonyl (C=O) groups is 3. The predicted molar refractivity (Wildman–Crippen MR) is 201 cm³/mol. The van der Waals surface area contributed by atoms with Gasteiger partial charge in [-0.05, 0) is 55.1 Å². The number of para-hydroxylation sites is 1. The van der Waals surface area contributed by atoms with Crippen molar-refractivity contribution >= 4 is 33.9 Å². The second-order valence-electron chi connectivity index (χ2n) is 13.6. The van der Waals surface area contributed by atoms with Crippen molar-refractivity contribution in [1.82, 2.24) is 19.8 Å². The zero-order valence-electron chi connectivity index (χ0n) is 32.8. The van der Waals surface area contributed by atoms with Crippen LogP contribution in [-0.2, 0) is 48.8 Å². The Morgan fingerprint density at radius 3 is 2.22 bits per heavy atom. The minimum absolute atomic E-state index is 0.206. The number of nitrogens with one attached hydrogen (secondary N) is 2. The first-order chi connectivity index (χ1) is 25.9. The number of aromatic nitrogens is 2. The summed E-state index contributed by atoms with van der Waals surface area (Å²) in [5.74, 6) is -1.36. The number of halogens is 1. The first-order valence-corrected chi connectivity index (χ1v) is 22.4. The molecule has 55 heavy (non-hydrogen) atoms. The first-order valence-electron chi connectivity index (χ1n) is 18.1. The first kappa shape index (κ1) is 45.5. The molecule has 20 heteroatoms. The summed E-state index contributed by atoms with van der Waals surface area (Å²) < 4.78 is 72.6. The van der Waals surface area contributed by atoms with E-state index in [9.17, 15) is 28.5 Å². The number of hydrogen-bond acceptors (Lipinski definition) is 14. The van der Waals surface area contributed by atoms with E-state index >= 15 is 4.39 Å². The maximum Gasteiger partial charge on any atom is 0.407 e. The van der Waals surface area contributed by atoms with Crippen LogP contribution in [-0.4, -0.2) is 91.6 Å². The van der Waals surface area contributed by atoms with Gasteiger partial charge in [0, 0.05) is 12.3 Å². The van der Waals surface area contributed by atoms with Gasteiger partial charge < -0.3 is 33.2 Å².